The van der Waals surface area contributed by atoms with E-state index in [4.69, 9.17) is 18.9 Å². The first kappa shape index (κ1) is 32.8. The highest BCUT2D eigenvalue weighted by Crippen LogP contribution is 2.41. The second kappa shape index (κ2) is 13.1. The van der Waals surface area contributed by atoms with Gasteiger partial charge >= 0.3 is 12.3 Å². The lowest BCUT2D eigenvalue weighted by atomic mass is 9.88. The minimum Gasteiger partial charge on any atom is -0.444 e. The summed E-state index contributed by atoms with van der Waals surface area (Å²) in [6.07, 6.45) is -1.55. The van der Waals surface area contributed by atoms with Crippen molar-refractivity contribution < 1.29 is 31.9 Å². The quantitative estimate of drug-likeness (QED) is 0.166. The highest BCUT2D eigenvalue weighted by molar-refractivity contribution is 9.08. The number of carbonyl (C=O) groups excluding carboxylic acids is 1. The summed E-state index contributed by atoms with van der Waals surface area (Å²) in [6.45, 7) is 6.55. The Bertz CT molecular complexity index is 1820. The molecule has 246 valence electrons. The number of nitrogens with zero attached hydrogens (tertiary/aromatic N) is 5. The third kappa shape index (κ3) is 7.38. The van der Waals surface area contributed by atoms with Crippen molar-refractivity contribution in [2.24, 2.45) is 0 Å². The van der Waals surface area contributed by atoms with Gasteiger partial charge < -0.3 is 18.8 Å². The maximum Gasteiger partial charge on any atom is 0.417 e. The summed E-state index contributed by atoms with van der Waals surface area (Å²) < 4.78 is 56.5. The molecule has 3 aromatic heterocycles. The molecular formula is C33H31BrF3N5O4S. The number of alkyl halides is 4. The van der Waals surface area contributed by atoms with Gasteiger partial charge in [-0.2, -0.15) is 18.2 Å². The van der Waals surface area contributed by atoms with Gasteiger partial charge in [-0.1, -0.05) is 46.3 Å². The Morgan fingerprint density at radius 1 is 1.04 bits per heavy atom. The number of thiazole rings is 1. The topological polar surface area (TPSA) is 93.8 Å². The average molecular weight is 731 g/mol. The van der Waals surface area contributed by atoms with Crippen molar-refractivity contribution in [2.75, 3.05) is 18.0 Å². The van der Waals surface area contributed by atoms with Crippen LogP contribution >= 0.6 is 27.3 Å². The lowest BCUT2D eigenvalue weighted by Crippen LogP contribution is -2.70. The fourth-order valence-corrected chi connectivity index (χ4v) is 6.42. The van der Waals surface area contributed by atoms with Crippen LogP contribution in [0.3, 0.4) is 0 Å². The molecule has 9 nitrogen and oxygen atoms in total. The van der Waals surface area contributed by atoms with E-state index in [9.17, 15) is 18.0 Å². The molecule has 0 N–H and O–H groups in total. The van der Waals surface area contributed by atoms with Crippen LogP contribution < -0.4 is 9.64 Å². The Morgan fingerprint density at radius 2 is 1.79 bits per heavy atom. The standard InChI is InChI=1S/C26H24F3N5O4S.C7H7Br/c1-25(2,3)38-24(35)34-15-10-16(34)13-33(12-15)23-32-20-18(36-19-7-4-14(11-31-19)26(27,28)29)6-5-17(21(20)37-23)22-30-8-9-39-22;8-6-7-4-2-1-3-5-7/h4-9,11,15-16H,10,12-13H2,1-3H3;1-5H,6H2. The van der Waals surface area contributed by atoms with Crippen molar-refractivity contribution in [1.29, 1.82) is 0 Å². The zero-order valence-corrected chi connectivity index (χ0v) is 28.1. The fraction of sp³-hybridized carbons (Fsp3) is 0.333. The maximum atomic E-state index is 12.9. The van der Waals surface area contributed by atoms with Crippen molar-refractivity contribution in [3.05, 3.63) is 83.5 Å². The molecule has 0 aliphatic carbocycles. The molecule has 0 spiro atoms. The van der Waals surface area contributed by atoms with Gasteiger partial charge in [0.05, 0.1) is 23.2 Å². The van der Waals surface area contributed by atoms with Crippen LogP contribution in [0.1, 0.15) is 38.3 Å². The molecule has 8 rings (SSSR count). The lowest BCUT2D eigenvalue weighted by Gasteiger charge is -2.55. The minimum absolute atomic E-state index is 0.0110. The van der Waals surface area contributed by atoms with Gasteiger partial charge in [0, 0.05) is 42.3 Å². The molecule has 2 aromatic carbocycles. The Labute approximate surface area is 281 Å². The number of carbonyl (C=O) groups is 1. The molecule has 2 unspecified atom stereocenters. The first-order valence-electron chi connectivity index (χ1n) is 14.8. The van der Waals surface area contributed by atoms with Crippen LogP contribution in [0.25, 0.3) is 21.7 Å². The first-order valence-corrected chi connectivity index (χ1v) is 16.8. The molecule has 5 aromatic rings. The fourth-order valence-electron chi connectivity index (χ4n) is 5.38. The van der Waals surface area contributed by atoms with E-state index in [1.807, 2.05) is 49.3 Å². The van der Waals surface area contributed by atoms with Crippen molar-refractivity contribution in [1.82, 2.24) is 19.9 Å². The van der Waals surface area contributed by atoms with E-state index in [-0.39, 0.29) is 29.8 Å². The Hall–Kier alpha value is -4.17. The van der Waals surface area contributed by atoms with Crippen LogP contribution in [0.4, 0.5) is 24.0 Å². The number of piperidine rings is 1. The van der Waals surface area contributed by atoms with Crippen molar-refractivity contribution in [3.63, 3.8) is 0 Å². The van der Waals surface area contributed by atoms with E-state index in [1.165, 1.54) is 16.9 Å². The number of pyridine rings is 1. The monoisotopic (exact) mass is 729 g/mol. The van der Waals surface area contributed by atoms with Gasteiger partial charge in [-0.25, -0.2) is 14.8 Å². The van der Waals surface area contributed by atoms with Crippen LogP contribution in [-0.2, 0) is 16.2 Å². The number of amides is 1. The molecule has 47 heavy (non-hydrogen) atoms. The molecule has 2 atom stereocenters. The number of ether oxygens (including phenoxy) is 2. The van der Waals surface area contributed by atoms with Crippen LogP contribution in [0.15, 0.2) is 76.8 Å². The van der Waals surface area contributed by atoms with Crippen LogP contribution in [0.2, 0.25) is 0 Å². The van der Waals surface area contributed by atoms with E-state index in [0.717, 1.165) is 35.1 Å². The molecule has 3 fully saturated rings. The Balaban J connectivity index is 0.000000424. The van der Waals surface area contributed by atoms with Gasteiger partial charge in [-0.15, -0.1) is 11.3 Å². The Morgan fingerprint density at radius 3 is 2.36 bits per heavy atom. The van der Waals surface area contributed by atoms with Crippen LogP contribution in [0.5, 0.6) is 11.6 Å². The number of halogens is 4. The van der Waals surface area contributed by atoms with Crippen molar-refractivity contribution in [3.8, 4) is 22.2 Å². The summed E-state index contributed by atoms with van der Waals surface area (Å²) in [5.41, 5.74) is 1.42. The lowest BCUT2D eigenvalue weighted by molar-refractivity contribution is -0.137. The second-order valence-electron chi connectivity index (χ2n) is 12.1. The molecule has 3 saturated heterocycles. The summed E-state index contributed by atoms with van der Waals surface area (Å²) in [7, 11) is 0. The molecule has 14 heteroatoms. The molecule has 2 bridgehead atoms. The van der Waals surface area contributed by atoms with Gasteiger partial charge in [0.2, 0.25) is 5.88 Å². The molecule has 3 aliphatic heterocycles. The number of benzene rings is 2. The highest BCUT2D eigenvalue weighted by atomic mass is 79.9. The summed E-state index contributed by atoms with van der Waals surface area (Å²) >= 11 is 4.79. The third-order valence-corrected chi connectivity index (χ3v) is 8.96. The highest BCUT2D eigenvalue weighted by Gasteiger charge is 2.49. The number of piperazine rings is 1. The van der Waals surface area contributed by atoms with E-state index in [1.54, 1.807) is 23.2 Å². The van der Waals surface area contributed by atoms with E-state index >= 15 is 0 Å². The van der Waals surface area contributed by atoms with Crippen LogP contribution in [0, 0.1) is 0 Å². The van der Waals surface area contributed by atoms with Gasteiger partial charge in [-0.3, -0.25) is 4.90 Å². The van der Waals surface area contributed by atoms with Gasteiger partial charge in [0.1, 0.15) is 10.6 Å². The zero-order chi connectivity index (χ0) is 33.3. The number of rotatable bonds is 5. The second-order valence-corrected chi connectivity index (χ2v) is 13.5. The maximum absolute atomic E-state index is 12.9. The van der Waals surface area contributed by atoms with E-state index < -0.39 is 17.3 Å². The summed E-state index contributed by atoms with van der Waals surface area (Å²) in [4.78, 5) is 29.3. The molecule has 0 saturated carbocycles. The smallest absolute Gasteiger partial charge is 0.417 e. The van der Waals surface area contributed by atoms with Gasteiger partial charge in [0.15, 0.2) is 16.8 Å². The largest absolute Gasteiger partial charge is 0.444 e. The zero-order valence-electron chi connectivity index (χ0n) is 25.7. The number of aromatic nitrogens is 3. The molecule has 0 radical (unpaired) electrons. The predicted octanol–water partition coefficient (Wildman–Crippen LogP) is 8.94. The van der Waals surface area contributed by atoms with Crippen molar-refractivity contribution in [2.45, 2.75) is 56.4 Å². The number of hydrogen-bond acceptors (Lipinski definition) is 9. The van der Waals surface area contributed by atoms with E-state index in [2.05, 4.69) is 38.0 Å². The molecule has 1 amide bonds. The SMILES string of the molecule is BrCc1ccccc1.CC(C)(C)OC(=O)N1C2CC1CN(c1nc3c(Oc4ccc(C(F)(F)F)cn4)ccc(-c4nccs4)c3o1)C2. The molecular weight excluding hydrogens is 699 g/mol. The van der Waals surface area contributed by atoms with E-state index in [0.29, 0.717) is 35.8 Å². The Kier molecular flexibility index (Phi) is 9.16. The van der Waals surface area contributed by atoms with Crippen LogP contribution in [-0.4, -0.2) is 56.7 Å². The number of fused-ring (bicyclic) bond motifs is 3. The number of oxazole rings is 1. The van der Waals surface area contributed by atoms with Gasteiger partial charge in [-0.05, 0) is 51.0 Å². The number of hydrogen-bond donors (Lipinski definition) is 0. The minimum atomic E-state index is -4.50. The molecule has 6 heterocycles. The van der Waals surface area contributed by atoms with Crippen molar-refractivity contribution >= 4 is 50.5 Å². The predicted molar refractivity (Wildman–Crippen MR) is 176 cm³/mol. The summed E-state index contributed by atoms with van der Waals surface area (Å²) in [5, 5.41) is 3.52. The summed E-state index contributed by atoms with van der Waals surface area (Å²) in [6, 6.07) is 16.1. The number of anilines is 1. The third-order valence-electron chi connectivity index (χ3n) is 7.50. The van der Waals surface area contributed by atoms with Gasteiger partial charge in [0.25, 0.3) is 6.01 Å². The average Bonchev–Trinajstić information content (AvgIpc) is 3.73. The first-order chi connectivity index (χ1) is 22.4. The molecule has 3 aliphatic rings. The normalized spacial score (nSPS) is 17.5. The summed E-state index contributed by atoms with van der Waals surface area (Å²) in [5.74, 6) is 0.271.